The zero-order valence-corrected chi connectivity index (χ0v) is 20.9. The molecule has 1 fully saturated rings. The third kappa shape index (κ3) is 6.72. The van der Waals surface area contributed by atoms with Crippen LogP contribution in [-0.2, 0) is 27.0 Å². The summed E-state index contributed by atoms with van der Waals surface area (Å²) in [7, 11) is 0. The van der Waals surface area contributed by atoms with Gasteiger partial charge in [-0.25, -0.2) is 4.98 Å². The molecule has 2 heterocycles. The number of amides is 2. The number of aliphatic carboxylic acids is 1. The van der Waals surface area contributed by atoms with Crippen molar-refractivity contribution in [2.24, 2.45) is 0 Å². The molecule has 1 aliphatic rings. The predicted octanol–water partition coefficient (Wildman–Crippen LogP) is 2.49. The van der Waals surface area contributed by atoms with Gasteiger partial charge in [-0.2, -0.15) is 13.2 Å². The van der Waals surface area contributed by atoms with Crippen LogP contribution < -0.4 is 15.8 Å². The summed E-state index contributed by atoms with van der Waals surface area (Å²) in [5.74, 6) is -1.85. The molecule has 1 aromatic heterocycles. The first-order valence-electron chi connectivity index (χ1n) is 12.1. The average Bonchev–Trinajstić information content (AvgIpc) is 2.87. The Kier molecular flexibility index (Phi) is 7.88. The number of anilines is 1. The van der Waals surface area contributed by atoms with E-state index in [-0.39, 0.29) is 23.7 Å². The number of nitrogens with one attached hydrogen (secondary N) is 2. The highest BCUT2D eigenvalue weighted by atomic mass is 19.4. The fourth-order valence-electron chi connectivity index (χ4n) is 4.46. The van der Waals surface area contributed by atoms with Gasteiger partial charge in [-0.1, -0.05) is 12.1 Å². The number of alkyl halides is 3. The van der Waals surface area contributed by atoms with Crippen LogP contribution in [0.2, 0.25) is 0 Å². The van der Waals surface area contributed by atoms with E-state index in [2.05, 4.69) is 20.2 Å². The molecule has 0 radical (unpaired) electrons. The monoisotopic (exact) mass is 545 g/mol. The van der Waals surface area contributed by atoms with Gasteiger partial charge in [0.1, 0.15) is 5.82 Å². The Morgan fingerprint density at radius 3 is 2.33 bits per heavy atom. The number of aromatic amines is 1. The number of hydrogen-bond acceptors (Lipinski definition) is 6. The predicted molar refractivity (Wildman–Crippen MR) is 135 cm³/mol. The first-order valence-corrected chi connectivity index (χ1v) is 12.1. The fourth-order valence-corrected chi connectivity index (χ4v) is 4.46. The topological polar surface area (TPSA) is 136 Å². The number of piperazine rings is 1. The largest absolute Gasteiger partial charge is 0.481 e. The zero-order chi connectivity index (χ0) is 28.3. The molecule has 2 aromatic carbocycles. The van der Waals surface area contributed by atoms with E-state index in [1.54, 1.807) is 23.1 Å². The van der Waals surface area contributed by atoms with E-state index < -0.39 is 41.6 Å². The smallest absolute Gasteiger partial charge is 0.416 e. The van der Waals surface area contributed by atoms with Gasteiger partial charge in [-0.05, 0) is 35.9 Å². The van der Waals surface area contributed by atoms with Crippen LogP contribution in [0.3, 0.4) is 0 Å². The molecular weight excluding hydrogens is 519 g/mol. The van der Waals surface area contributed by atoms with Gasteiger partial charge in [0.05, 0.1) is 35.3 Å². The molecule has 1 saturated heterocycles. The highest BCUT2D eigenvalue weighted by Crippen LogP contribution is 2.30. The van der Waals surface area contributed by atoms with Crippen molar-refractivity contribution in [2.45, 2.75) is 32.0 Å². The number of fused-ring (bicyclic) bond motifs is 1. The molecule has 10 nitrogen and oxygen atoms in total. The normalized spacial score (nSPS) is 14.8. The molecule has 206 valence electrons. The Morgan fingerprint density at radius 2 is 1.74 bits per heavy atom. The molecular formula is C26H26F3N5O5. The molecule has 3 N–H and O–H groups in total. The summed E-state index contributed by atoms with van der Waals surface area (Å²) in [6.07, 6.45) is -5.48. The molecule has 0 saturated carbocycles. The molecule has 0 unspecified atom stereocenters. The van der Waals surface area contributed by atoms with Crippen LogP contribution in [0.4, 0.5) is 18.9 Å². The summed E-state index contributed by atoms with van der Waals surface area (Å²) in [5.41, 5.74) is -0.00709. The molecule has 13 heteroatoms. The molecule has 1 aliphatic heterocycles. The Balaban J connectivity index is 1.47. The van der Waals surface area contributed by atoms with E-state index in [0.29, 0.717) is 37.1 Å². The highest BCUT2D eigenvalue weighted by molar-refractivity contribution is 5.83. The molecule has 2 amide bonds. The Labute approximate surface area is 220 Å². The van der Waals surface area contributed by atoms with Gasteiger partial charge in [0, 0.05) is 38.8 Å². The van der Waals surface area contributed by atoms with E-state index in [4.69, 9.17) is 0 Å². The van der Waals surface area contributed by atoms with Crippen molar-refractivity contribution in [2.75, 3.05) is 31.1 Å². The van der Waals surface area contributed by atoms with E-state index in [1.807, 2.05) is 0 Å². The first-order chi connectivity index (χ1) is 18.4. The lowest BCUT2D eigenvalue weighted by Gasteiger charge is -2.35. The van der Waals surface area contributed by atoms with E-state index in [1.165, 1.54) is 6.92 Å². The van der Waals surface area contributed by atoms with Crippen LogP contribution in [0, 0.1) is 0 Å². The van der Waals surface area contributed by atoms with Crippen molar-refractivity contribution in [1.29, 1.82) is 0 Å². The molecule has 0 aliphatic carbocycles. The van der Waals surface area contributed by atoms with Crippen molar-refractivity contribution >= 4 is 34.4 Å². The van der Waals surface area contributed by atoms with Gasteiger partial charge >= 0.3 is 12.1 Å². The minimum Gasteiger partial charge on any atom is -0.481 e. The molecule has 4 rings (SSSR count). The van der Waals surface area contributed by atoms with Crippen LogP contribution in [0.15, 0.2) is 47.3 Å². The van der Waals surface area contributed by atoms with Crippen molar-refractivity contribution in [3.63, 3.8) is 0 Å². The van der Waals surface area contributed by atoms with Crippen molar-refractivity contribution in [1.82, 2.24) is 20.2 Å². The molecule has 0 spiro atoms. The van der Waals surface area contributed by atoms with Crippen LogP contribution >= 0.6 is 0 Å². The van der Waals surface area contributed by atoms with Gasteiger partial charge in [0.25, 0.3) is 5.56 Å². The zero-order valence-electron chi connectivity index (χ0n) is 20.9. The van der Waals surface area contributed by atoms with Gasteiger partial charge in [-0.15, -0.1) is 0 Å². The number of hydrogen-bond donors (Lipinski definition) is 3. The lowest BCUT2D eigenvalue weighted by atomic mass is 10.0. The summed E-state index contributed by atoms with van der Waals surface area (Å²) in [6, 6.07) is 7.93. The Hall–Kier alpha value is -4.42. The van der Waals surface area contributed by atoms with Crippen molar-refractivity contribution in [3.8, 4) is 0 Å². The lowest BCUT2D eigenvalue weighted by molar-refractivity contribution is -0.139. The van der Waals surface area contributed by atoms with Crippen LogP contribution in [-0.4, -0.2) is 63.9 Å². The van der Waals surface area contributed by atoms with E-state index in [9.17, 15) is 37.5 Å². The lowest BCUT2D eigenvalue weighted by Crippen LogP contribution is -2.48. The Morgan fingerprint density at radius 1 is 1.08 bits per heavy atom. The number of rotatable bonds is 7. The maximum absolute atomic E-state index is 12.9. The third-order valence-electron chi connectivity index (χ3n) is 6.51. The number of carboxylic acids is 1. The number of halogens is 3. The summed E-state index contributed by atoms with van der Waals surface area (Å²) in [4.78, 5) is 59.1. The Bertz CT molecular complexity index is 1450. The number of carbonyl (C=O) groups excluding carboxylic acids is 2. The molecule has 3 aromatic rings. The molecule has 1 atom stereocenters. The summed E-state index contributed by atoms with van der Waals surface area (Å²) < 4.78 is 38.6. The second kappa shape index (κ2) is 11.1. The minimum atomic E-state index is -4.55. The number of carbonyl (C=O) groups is 3. The van der Waals surface area contributed by atoms with Crippen molar-refractivity contribution < 1.29 is 32.7 Å². The molecule has 0 bridgehead atoms. The van der Waals surface area contributed by atoms with Gasteiger partial charge in [0.2, 0.25) is 11.8 Å². The van der Waals surface area contributed by atoms with Crippen LogP contribution in [0.25, 0.3) is 10.9 Å². The third-order valence-corrected chi connectivity index (χ3v) is 6.51. The van der Waals surface area contributed by atoms with E-state index >= 15 is 0 Å². The van der Waals surface area contributed by atoms with Gasteiger partial charge < -0.3 is 25.2 Å². The van der Waals surface area contributed by atoms with Gasteiger partial charge in [-0.3, -0.25) is 19.2 Å². The number of H-pyrrole nitrogens is 1. The summed E-state index contributed by atoms with van der Waals surface area (Å²) in [6.45, 7) is 3.91. The van der Waals surface area contributed by atoms with E-state index in [0.717, 1.165) is 30.0 Å². The number of nitrogens with zero attached hydrogens (tertiary/aromatic N) is 3. The first kappa shape index (κ1) is 27.6. The minimum absolute atomic E-state index is 0.0130. The number of aromatic nitrogens is 2. The second-order valence-corrected chi connectivity index (χ2v) is 9.22. The van der Waals surface area contributed by atoms with Crippen molar-refractivity contribution in [3.05, 3.63) is 69.8 Å². The summed E-state index contributed by atoms with van der Waals surface area (Å²) in [5, 5.41) is 12.1. The fraction of sp³-hybridized carbons (Fsp3) is 0.346. The van der Waals surface area contributed by atoms with Crippen LogP contribution in [0.5, 0.6) is 0 Å². The quantitative estimate of drug-likeness (QED) is 0.415. The second-order valence-electron chi connectivity index (χ2n) is 9.22. The van der Waals surface area contributed by atoms with Crippen LogP contribution in [0.1, 0.15) is 36.3 Å². The number of benzene rings is 2. The molecule has 39 heavy (non-hydrogen) atoms. The average molecular weight is 546 g/mol. The maximum Gasteiger partial charge on any atom is 0.416 e. The van der Waals surface area contributed by atoms with Gasteiger partial charge in [0.15, 0.2) is 0 Å². The SMILES string of the molecule is CC(=O)N1CCN(c2ccc3nc(CC(=O)N[C@H](CC(=O)O)c4ccc(C(F)(F)F)cc4)[nH]c(=O)c3c2)CC1. The standard InChI is InChI=1S/C26H26F3N5O5/c1-15(35)33-8-10-34(11-9-33)18-6-7-20-19(12-18)25(39)32-22(30-20)14-23(36)31-21(13-24(37)38)16-2-4-17(5-3-16)26(27,28)29/h2-7,12,21H,8-11,13-14H2,1H3,(H,31,36)(H,37,38)(H,30,32,39)/t21-/m1/s1. The highest BCUT2D eigenvalue weighted by Gasteiger charge is 2.30. The number of carboxylic acid groups (broad SMARTS) is 1. The maximum atomic E-state index is 12.9. The summed E-state index contributed by atoms with van der Waals surface area (Å²) >= 11 is 0.